The zero-order valence-electron chi connectivity index (χ0n) is 8.95. The maximum absolute atomic E-state index is 4.51. The summed E-state index contributed by atoms with van der Waals surface area (Å²) in [5.74, 6) is 0.991. The second-order valence-electron chi connectivity index (χ2n) is 4.60. The van der Waals surface area contributed by atoms with Gasteiger partial charge < -0.3 is 0 Å². The maximum Gasteiger partial charge on any atom is 0.0596 e. The number of hydrogen-bond acceptors (Lipinski definition) is 2. The highest BCUT2D eigenvalue weighted by molar-refractivity contribution is 7.80. The fraction of sp³-hybridized carbons (Fsp3) is 0.727. The van der Waals surface area contributed by atoms with Crippen molar-refractivity contribution >= 4 is 12.6 Å². The van der Waals surface area contributed by atoms with Crippen LogP contribution in [0.25, 0.3) is 0 Å². The van der Waals surface area contributed by atoms with Crippen molar-refractivity contribution < 1.29 is 0 Å². The summed E-state index contributed by atoms with van der Waals surface area (Å²) >= 11 is 4.46. The van der Waals surface area contributed by atoms with E-state index in [2.05, 4.69) is 42.3 Å². The number of aromatic nitrogens is 2. The Hall–Kier alpha value is -0.440. The third-order valence-corrected chi connectivity index (χ3v) is 4.01. The first-order valence-electron chi connectivity index (χ1n) is 5.27. The summed E-state index contributed by atoms with van der Waals surface area (Å²) in [6, 6.07) is 2.14. The molecule has 2 rings (SSSR count). The number of rotatable bonds is 3. The monoisotopic (exact) mass is 210 g/mol. The first kappa shape index (κ1) is 10.1. The van der Waals surface area contributed by atoms with Gasteiger partial charge in [0.2, 0.25) is 0 Å². The van der Waals surface area contributed by atoms with Crippen LogP contribution in [-0.4, -0.2) is 15.5 Å². The lowest BCUT2D eigenvalue weighted by atomic mass is 9.70. The summed E-state index contributed by atoms with van der Waals surface area (Å²) in [7, 11) is 0. The van der Waals surface area contributed by atoms with Crippen molar-refractivity contribution in [3.8, 4) is 0 Å². The molecular formula is C11H18N2S. The number of aryl methyl sites for hydroxylation is 2. The van der Waals surface area contributed by atoms with Gasteiger partial charge in [-0.25, -0.2) is 0 Å². The van der Waals surface area contributed by atoms with Crippen molar-refractivity contribution in [2.75, 3.05) is 5.75 Å². The molecule has 1 aromatic heterocycles. The second-order valence-corrected chi connectivity index (χ2v) is 4.91. The number of thiol groups is 1. The molecule has 1 heterocycles. The van der Waals surface area contributed by atoms with E-state index in [-0.39, 0.29) is 0 Å². The molecule has 0 atom stereocenters. The summed E-state index contributed by atoms with van der Waals surface area (Å²) in [5, 5.41) is 4.51. The molecule has 0 N–H and O–H groups in total. The first-order valence-corrected chi connectivity index (χ1v) is 5.90. The van der Waals surface area contributed by atoms with E-state index in [9.17, 15) is 0 Å². The van der Waals surface area contributed by atoms with Gasteiger partial charge in [-0.3, -0.25) is 4.68 Å². The average molecular weight is 210 g/mol. The topological polar surface area (TPSA) is 17.8 Å². The molecule has 1 aliphatic carbocycles. The fourth-order valence-electron chi connectivity index (χ4n) is 2.20. The van der Waals surface area contributed by atoms with Crippen LogP contribution < -0.4 is 0 Å². The van der Waals surface area contributed by atoms with Crippen LogP contribution in [0.2, 0.25) is 0 Å². The van der Waals surface area contributed by atoms with Gasteiger partial charge in [0, 0.05) is 12.2 Å². The second kappa shape index (κ2) is 3.61. The minimum atomic E-state index is 0.437. The van der Waals surface area contributed by atoms with Gasteiger partial charge in [0.1, 0.15) is 0 Å². The molecule has 0 radical (unpaired) electrons. The van der Waals surface area contributed by atoms with E-state index in [1.54, 1.807) is 0 Å². The molecule has 3 heteroatoms. The van der Waals surface area contributed by atoms with Crippen LogP contribution >= 0.6 is 12.6 Å². The van der Waals surface area contributed by atoms with Gasteiger partial charge in [0.15, 0.2) is 0 Å². The molecule has 1 aliphatic rings. The van der Waals surface area contributed by atoms with Crippen LogP contribution in [0.1, 0.15) is 30.7 Å². The van der Waals surface area contributed by atoms with Gasteiger partial charge in [-0.1, -0.05) is 6.42 Å². The molecule has 1 saturated carbocycles. The molecule has 0 saturated heterocycles. The smallest absolute Gasteiger partial charge is 0.0596 e. The number of hydrogen-bond donors (Lipinski definition) is 1. The van der Waals surface area contributed by atoms with Gasteiger partial charge in [-0.2, -0.15) is 17.7 Å². The van der Waals surface area contributed by atoms with Crippen molar-refractivity contribution in [2.24, 2.45) is 5.41 Å². The lowest BCUT2D eigenvalue weighted by molar-refractivity contribution is 0.131. The lowest BCUT2D eigenvalue weighted by Crippen LogP contribution is -2.36. The standard InChI is InChI=1S/C11H18N2S/c1-9-6-10(2)13(12-9)7-11(8-14)4-3-5-11/h6,14H,3-5,7-8H2,1-2H3. The zero-order chi connectivity index (χ0) is 10.2. The Labute approximate surface area is 91.1 Å². The molecule has 0 aliphatic heterocycles. The quantitative estimate of drug-likeness (QED) is 0.759. The highest BCUT2D eigenvalue weighted by Gasteiger charge is 2.36. The molecule has 0 amide bonds. The third-order valence-electron chi connectivity index (χ3n) is 3.34. The molecule has 0 spiro atoms. The van der Waals surface area contributed by atoms with Crippen molar-refractivity contribution in [1.29, 1.82) is 0 Å². The fourth-order valence-corrected chi connectivity index (χ4v) is 2.61. The minimum Gasteiger partial charge on any atom is -0.269 e. The van der Waals surface area contributed by atoms with Crippen LogP contribution in [0, 0.1) is 19.3 Å². The Morgan fingerprint density at radius 1 is 1.50 bits per heavy atom. The van der Waals surface area contributed by atoms with Crippen molar-refractivity contribution in [2.45, 2.75) is 39.7 Å². The summed E-state index contributed by atoms with van der Waals surface area (Å²) in [6.45, 7) is 5.23. The third kappa shape index (κ3) is 1.70. The van der Waals surface area contributed by atoms with E-state index < -0.39 is 0 Å². The Morgan fingerprint density at radius 3 is 2.57 bits per heavy atom. The summed E-state index contributed by atoms with van der Waals surface area (Å²) in [5.41, 5.74) is 2.83. The summed E-state index contributed by atoms with van der Waals surface area (Å²) in [4.78, 5) is 0. The molecule has 0 unspecified atom stereocenters. The summed E-state index contributed by atoms with van der Waals surface area (Å²) in [6.07, 6.45) is 3.99. The van der Waals surface area contributed by atoms with Crippen molar-refractivity contribution in [3.05, 3.63) is 17.5 Å². The molecule has 0 bridgehead atoms. The Morgan fingerprint density at radius 2 is 2.21 bits per heavy atom. The van der Waals surface area contributed by atoms with E-state index in [1.165, 1.54) is 25.0 Å². The van der Waals surface area contributed by atoms with E-state index in [4.69, 9.17) is 0 Å². The van der Waals surface area contributed by atoms with Crippen molar-refractivity contribution in [1.82, 2.24) is 9.78 Å². The van der Waals surface area contributed by atoms with Gasteiger partial charge in [0.25, 0.3) is 0 Å². The largest absolute Gasteiger partial charge is 0.269 e. The SMILES string of the molecule is Cc1cc(C)n(CC2(CS)CCC2)n1. The predicted molar refractivity (Wildman–Crippen MR) is 61.8 cm³/mol. The summed E-state index contributed by atoms with van der Waals surface area (Å²) < 4.78 is 2.14. The van der Waals surface area contributed by atoms with Gasteiger partial charge in [0.05, 0.1) is 5.69 Å². The Kier molecular flexibility index (Phi) is 2.60. The van der Waals surface area contributed by atoms with Crippen LogP contribution in [-0.2, 0) is 6.54 Å². The molecule has 1 fully saturated rings. The van der Waals surface area contributed by atoms with Crippen LogP contribution in [0.3, 0.4) is 0 Å². The molecule has 2 nitrogen and oxygen atoms in total. The maximum atomic E-state index is 4.51. The normalized spacial score (nSPS) is 19.4. The van der Waals surface area contributed by atoms with Gasteiger partial charge in [-0.15, -0.1) is 0 Å². The first-order chi connectivity index (χ1) is 6.65. The molecule has 78 valence electrons. The minimum absolute atomic E-state index is 0.437. The highest BCUT2D eigenvalue weighted by atomic mass is 32.1. The molecular weight excluding hydrogens is 192 g/mol. The predicted octanol–water partition coefficient (Wildman–Crippen LogP) is 2.60. The van der Waals surface area contributed by atoms with E-state index in [0.29, 0.717) is 5.41 Å². The molecule has 14 heavy (non-hydrogen) atoms. The number of nitrogens with zero attached hydrogens (tertiary/aromatic N) is 2. The van der Waals surface area contributed by atoms with Gasteiger partial charge >= 0.3 is 0 Å². The van der Waals surface area contributed by atoms with Gasteiger partial charge in [-0.05, 0) is 43.9 Å². The van der Waals surface area contributed by atoms with E-state index >= 15 is 0 Å². The highest BCUT2D eigenvalue weighted by Crippen LogP contribution is 2.43. The van der Waals surface area contributed by atoms with Crippen LogP contribution in [0.15, 0.2) is 6.07 Å². The zero-order valence-corrected chi connectivity index (χ0v) is 9.85. The lowest BCUT2D eigenvalue weighted by Gasteiger charge is -2.40. The van der Waals surface area contributed by atoms with Crippen LogP contribution in [0.4, 0.5) is 0 Å². The van der Waals surface area contributed by atoms with E-state index in [1.807, 2.05) is 0 Å². The Bertz CT molecular complexity index is 321. The molecule has 0 aromatic carbocycles. The van der Waals surface area contributed by atoms with Crippen molar-refractivity contribution in [3.63, 3.8) is 0 Å². The van der Waals surface area contributed by atoms with Crippen LogP contribution in [0.5, 0.6) is 0 Å². The Balaban J connectivity index is 2.13. The average Bonchev–Trinajstić information content (AvgIpc) is 2.38. The van der Waals surface area contributed by atoms with E-state index in [0.717, 1.165) is 18.0 Å². The molecule has 1 aromatic rings.